The fourth-order valence-electron chi connectivity index (χ4n) is 1.61. The lowest BCUT2D eigenvalue weighted by atomic mass is 10.1. The zero-order valence-corrected chi connectivity index (χ0v) is 9.93. The normalized spacial score (nSPS) is 15.0. The highest BCUT2D eigenvalue weighted by Gasteiger charge is 2.06. The van der Waals surface area contributed by atoms with Crippen molar-refractivity contribution < 1.29 is 10.2 Å². The van der Waals surface area contributed by atoms with Crippen LogP contribution in [-0.4, -0.2) is 38.7 Å². The van der Waals surface area contributed by atoms with Gasteiger partial charge in [0, 0.05) is 24.3 Å². The topological polar surface area (TPSA) is 70.3 Å². The molecule has 1 rings (SSSR count). The third kappa shape index (κ3) is 4.74. The van der Waals surface area contributed by atoms with Gasteiger partial charge in [0.1, 0.15) is 0 Å². The molecular formula is C11H21N3O2. The van der Waals surface area contributed by atoms with E-state index in [0.29, 0.717) is 6.54 Å². The summed E-state index contributed by atoms with van der Waals surface area (Å²) in [6.07, 6.45) is 4.17. The predicted molar refractivity (Wildman–Crippen MR) is 61.9 cm³/mol. The maximum Gasteiger partial charge on any atom is 0.0640 e. The number of hydrogen-bond donors (Lipinski definition) is 3. The zero-order valence-electron chi connectivity index (χ0n) is 9.93. The van der Waals surface area contributed by atoms with E-state index in [1.54, 1.807) is 17.8 Å². The molecular weight excluding hydrogens is 206 g/mol. The van der Waals surface area contributed by atoms with Crippen LogP contribution in [0, 0.1) is 0 Å². The molecule has 16 heavy (non-hydrogen) atoms. The summed E-state index contributed by atoms with van der Waals surface area (Å²) < 4.78 is 1.72. The lowest BCUT2D eigenvalue weighted by Gasteiger charge is -2.14. The van der Waals surface area contributed by atoms with E-state index in [4.69, 9.17) is 5.11 Å². The zero-order chi connectivity index (χ0) is 12.0. The van der Waals surface area contributed by atoms with E-state index >= 15 is 0 Å². The average molecular weight is 227 g/mol. The highest BCUT2D eigenvalue weighted by molar-refractivity contribution is 5.03. The van der Waals surface area contributed by atoms with Crippen LogP contribution in [0.4, 0.5) is 0 Å². The van der Waals surface area contributed by atoms with Crippen molar-refractivity contribution in [3.8, 4) is 0 Å². The molecule has 0 spiro atoms. The first-order valence-electron chi connectivity index (χ1n) is 5.65. The SMILES string of the molecule is CC(O)CC(C)NCc1cnn(CCO)c1. The Balaban J connectivity index is 2.30. The molecule has 1 aromatic heterocycles. The molecule has 0 aliphatic rings. The number of aromatic nitrogens is 2. The number of rotatable bonds is 7. The average Bonchev–Trinajstić information content (AvgIpc) is 2.62. The number of aliphatic hydroxyl groups excluding tert-OH is 2. The first-order chi connectivity index (χ1) is 7.61. The summed E-state index contributed by atoms with van der Waals surface area (Å²) in [4.78, 5) is 0. The lowest BCUT2D eigenvalue weighted by molar-refractivity contribution is 0.170. The van der Waals surface area contributed by atoms with Gasteiger partial charge in [-0.15, -0.1) is 0 Å². The van der Waals surface area contributed by atoms with Gasteiger partial charge >= 0.3 is 0 Å². The number of nitrogens with zero attached hydrogens (tertiary/aromatic N) is 2. The van der Waals surface area contributed by atoms with Gasteiger partial charge in [-0.05, 0) is 20.3 Å². The molecule has 0 saturated heterocycles. The predicted octanol–water partition coefficient (Wildman–Crippen LogP) is 0.124. The molecule has 92 valence electrons. The van der Waals surface area contributed by atoms with Crippen LogP contribution in [0.5, 0.6) is 0 Å². The van der Waals surface area contributed by atoms with Crippen LogP contribution in [-0.2, 0) is 13.1 Å². The second-order valence-electron chi connectivity index (χ2n) is 4.20. The minimum atomic E-state index is -0.278. The summed E-state index contributed by atoms with van der Waals surface area (Å²) >= 11 is 0. The molecule has 1 aromatic rings. The van der Waals surface area contributed by atoms with Gasteiger partial charge in [0.25, 0.3) is 0 Å². The van der Waals surface area contributed by atoms with Crippen molar-refractivity contribution in [2.75, 3.05) is 6.61 Å². The lowest BCUT2D eigenvalue weighted by Crippen LogP contribution is -2.28. The second kappa shape index (κ2) is 6.62. The van der Waals surface area contributed by atoms with Gasteiger partial charge in [-0.25, -0.2) is 0 Å². The largest absolute Gasteiger partial charge is 0.394 e. The molecule has 3 N–H and O–H groups in total. The Labute approximate surface area is 96.1 Å². The standard InChI is InChI=1S/C11H21N3O2/c1-9(5-10(2)16)12-6-11-7-13-14(8-11)3-4-15/h7-10,12,15-16H,3-6H2,1-2H3. The summed E-state index contributed by atoms with van der Waals surface area (Å²) in [7, 11) is 0. The van der Waals surface area contributed by atoms with E-state index in [2.05, 4.69) is 10.4 Å². The molecule has 0 aliphatic heterocycles. The van der Waals surface area contributed by atoms with Crippen molar-refractivity contribution in [3.05, 3.63) is 18.0 Å². The van der Waals surface area contributed by atoms with Gasteiger partial charge in [0.15, 0.2) is 0 Å². The van der Waals surface area contributed by atoms with Crippen molar-refractivity contribution >= 4 is 0 Å². The van der Waals surface area contributed by atoms with Gasteiger partial charge in [-0.2, -0.15) is 5.10 Å². The molecule has 1 heterocycles. The molecule has 2 atom stereocenters. The van der Waals surface area contributed by atoms with Crippen LogP contribution in [0.15, 0.2) is 12.4 Å². The Morgan fingerprint density at radius 2 is 2.25 bits per heavy atom. The summed E-state index contributed by atoms with van der Waals surface area (Å²) in [5.41, 5.74) is 1.09. The summed E-state index contributed by atoms with van der Waals surface area (Å²) in [6, 6.07) is 0.279. The van der Waals surface area contributed by atoms with Gasteiger partial charge < -0.3 is 15.5 Å². The molecule has 0 aromatic carbocycles. The quantitative estimate of drug-likeness (QED) is 0.619. The minimum Gasteiger partial charge on any atom is -0.394 e. The number of nitrogens with one attached hydrogen (secondary N) is 1. The van der Waals surface area contributed by atoms with E-state index < -0.39 is 0 Å². The monoisotopic (exact) mass is 227 g/mol. The Bertz CT molecular complexity index is 299. The summed E-state index contributed by atoms with van der Waals surface area (Å²) in [5.74, 6) is 0. The Kier molecular flexibility index (Phi) is 5.45. The van der Waals surface area contributed by atoms with Gasteiger partial charge in [0.2, 0.25) is 0 Å². The third-order valence-electron chi connectivity index (χ3n) is 2.37. The fourth-order valence-corrected chi connectivity index (χ4v) is 1.61. The molecule has 0 fully saturated rings. The molecule has 5 nitrogen and oxygen atoms in total. The van der Waals surface area contributed by atoms with Crippen molar-refractivity contribution in [1.29, 1.82) is 0 Å². The van der Waals surface area contributed by atoms with Gasteiger partial charge in [-0.3, -0.25) is 4.68 Å². The van der Waals surface area contributed by atoms with E-state index in [-0.39, 0.29) is 18.8 Å². The molecule has 0 aliphatic carbocycles. The second-order valence-corrected chi connectivity index (χ2v) is 4.20. The van der Waals surface area contributed by atoms with Crippen LogP contribution in [0.2, 0.25) is 0 Å². The van der Waals surface area contributed by atoms with Gasteiger partial charge in [0.05, 0.1) is 25.5 Å². The highest BCUT2D eigenvalue weighted by Crippen LogP contribution is 2.01. The summed E-state index contributed by atoms with van der Waals surface area (Å²) in [5, 5.41) is 25.4. The van der Waals surface area contributed by atoms with Crippen LogP contribution in [0.1, 0.15) is 25.8 Å². The minimum absolute atomic E-state index is 0.104. The molecule has 0 bridgehead atoms. The van der Waals surface area contributed by atoms with Crippen LogP contribution in [0.3, 0.4) is 0 Å². The smallest absolute Gasteiger partial charge is 0.0640 e. The first kappa shape index (κ1) is 13.2. The Morgan fingerprint density at radius 3 is 2.88 bits per heavy atom. The fraction of sp³-hybridized carbons (Fsp3) is 0.727. The highest BCUT2D eigenvalue weighted by atomic mass is 16.3. The Morgan fingerprint density at radius 1 is 1.50 bits per heavy atom. The molecule has 5 heteroatoms. The van der Waals surface area contributed by atoms with Crippen LogP contribution in [0.25, 0.3) is 0 Å². The maximum atomic E-state index is 9.21. The summed E-state index contributed by atoms with van der Waals surface area (Å²) in [6.45, 7) is 5.21. The molecule has 0 saturated carbocycles. The van der Waals surface area contributed by atoms with E-state index in [1.807, 2.05) is 13.1 Å². The maximum absolute atomic E-state index is 9.21. The molecule has 0 amide bonds. The van der Waals surface area contributed by atoms with E-state index in [1.165, 1.54) is 0 Å². The van der Waals surface area contributed by atoms with Crippen molar-refractivity contribution in [2.45, 2.75) is 45.5 Å². The first-order valence-corrected chi connectivity index (χ1v) is 5.65. The number of aliphatic hydroxyl groups is 2. The van der Waals surface area contributed by atoms with E-state index in [9.17, 15) is 5.11 Å². The number of hydrogen-bond acceptors (Lipinski definition) is 4. The third-order valence-corrected chi connectivity index (χ3v) is 2.37. The Hall–Kier alpha value is -0.910. The molecule has 2 unspecified atom stereocenters. The van der Waals surface area contributed by atoms with Crippen molar-refractivity contribution in [1.82, 2.24) is 15.1 Å². The van der Waals surface area contributed by atoms with Crippen LogP contribution < -0.4 is 5.32 Å². The van der Waals surface area contributed by atoms with Crippen LogP contribution >= 0.6 is 0 Å². The van der Waals surface area contributed by atoms with Crippen molar-refractivity contribution in [3.63, 3.8) is 0 Å². The molecule has 0 radical (unpaired) electrons. The van der Waals surface area contributed by atoms with Gasteiger partial charge in [-0.1, -0.05) is 0 Å². The van der Waals surface area contributed by atoms with Crippen molar-refractivity contribution in [2.24, 2.45) is 0 Å². The van der Waals surface area contributed by atoms with E-state index in [0.717, 1.165) is 18.5 Å².